The highest BCUT2D eigenvalue weighted by molar-refractivity contribution is 7.91. The number of ether oxygens (including phenoxy) is 1. The molecule has 0 spiro atoms. The maximum atomic E-state index is 12.1. The summed E-state index contributed by atoms with van der Waals surface area (Å²) in [6.45, 7) is 0.341. The Hall–Kier alpha value is -1.59. The average Bonchev–Trinajstić information content (AvgIpc) is 2.97. The Kier molecular flexibility index (Phi) is 6.02. The smallest absolute Gasteiger partial charge is 0.269 e. The third-order valence-electron chi connectivity index (χ3n) is 2.57. The van der Waals surface area contributed by atoms with Gasteiger partial charge < -0.3 is 4.74 Å². The number of hydrogen-bond acceptors (Lipinski definition) is 7. The normalized spacial score (nSPS) is 11.4. The Labute approximate surface area is 141 Å². The molecule has 0 fully saturated rings. The van der Waals surface area contributed by atoms with Gasteiger partial charge in [0.25, 0.3) is 15.9 Å². The number of benzene rings is 1. The van der Waals surface area contributed by atoms with Crippen molar-refractivity contribution < 1.29 is 17.9 Å². The predicted octanol–water partition coefficient (Wildman–Crippen LogP) is 1.37. The average molecular weight is 377 g/mol. The first-order valence-corrected chi connectivity index (χ1v) is 9.00. The van der Waals surface area contributed by atoms with Gasteiger partial charge in [-0.15, -0.1) is 10.2 Å². The quantitative estimate of drug-likeness (QED) is 0.557. The van der Waals surface area contributed by atoms with Crippen molar-refractivity contribution in [3.8, 4) is 0 Å². The van der Waals surface area contributed by atoms with E-state index in [-0.39, 0.29) is 33.2 Å². The van der Waals surface area contributed by atoms with Crippen molar-refractivity contribution in [1.82, 2.24) is 14.9 Å². The summed E-state index contributed by atoms with van der Waals surface area (Å²) in [5.74, 6) is -0.497. The number of aromatic nitrogens is 2. The third-order valence-corrected chi connectivity index (χ3v) is 5.57. The molecule has 1 aromatic carbocycles. The summed E-state index contributed by atoms with van der Waals surface area (Å²) in [5.41, 5.74) is 0.256. The molecule has 11 heteroatoms. The van der Waals surface area contributed by atoms with E-state index in [1.807, 2.05) is 0 Å². The van der Waals surface area contributed by atoms with Crippen molar-refractivity contribution in [3.05, 3.63) is 34.9 Å². The fourth-order valence-corrected chi connectivity index (χ4v) is 3.69. The van der Waals surface area contributed by atoms with Crippen LogP contribution < -0.4 is 10.0 Å². The molecule has 1 aromatic heterocycles. The van der Waals surface area contributed by atoms with Crippen LogP contribution in [0.3, 0.4) is 0 Å². The zero-order chi connectivity index (χ0) is 16.9. The molecule has 23 heavy (non-hydrogen) atoms. The monoisotopic (exact) mass is 376 g/mol. The lowest BCUT2D eigenvalue weighted by atomic mass is 10.2. The summed E-state index contributed by atoms with van der Waals surface area (Å²) < 4.78 is 30.7. The van der Waals surface area contributed by atoms with Crippen LogP contribution in [0.2, 0.25) is 5.02 Å². The summed E-state index contributed by atoms with van der Waals surface area (Å²) in [7, 11) is -2.32. The number of carbonyl (C=O) groups is 1. The van der Waals surface area contributed by atoms with Gasteiger partial charge in [0.15, 0.2) is 0 Å². The lowest BCUT2D eigenvalue weighted by molar-refractivity contribution is 0.102. The van der Waals surface area contributed by atoms with Crippen LogP contribution in [0.4, 0.5) is 5.13 Å². The van der Waals surface area contributed by atoms with Crippen molar-refractivity contribution in [2.24, 2.45) is 0 Å². The second kappa shape index (κ2) is 7.79. The van der Waals surface area contributed by atoms with Gasteiger partial charge in [0.2, 0.25) is 9.47 Å². The van der Waals surface area contributed by atoms with Crippen LogP contribution in [0.25, 0.3) is 0 Å². The molecular formula is C12H13ClN4O4S2. The number of amides is 1. The summed E-state index contributed by atoms with van der Waals surface area (Å²) >= 11 is 6.66. The number of anilines is 1. The van der Waals surface area contributed by atoms with E-state index in [0.717, 1.165) is 11.3 Å². The lowest BCUT2D eigenvalue weighted by Crippen LogP contribution is -2.27. The van der Waals surface area contributed by atoms with Crippen molar-refractivity contribution in [1.29, 1.82) is 0 Å². The van der Waals surface area contributed by atoms with Crippen LogP contribution in [0, 0.1) is 0 Å². The molecule has 124 valence electrons. The first-order chi connectivity index (χ1) is 10.9. The molecule has 0 aliphatic carbocycles. The highest BCUT2D eigenvalue weighted by Crippen LogP contribution is 2.22. The van der Waals surface area contributed by atoms with E-state index in [4.69, 9.17) is 16.3 Å². The minimum Gasteiger partial charge on any atom is -0.383 e. The molecular weight excluding hydrogens is 364 g/mol. The summed E-state index contributed by atoms with van der Waals surface area (Å²) in [5, 5.41) is 10.0. The van der Waals surface area contributed by atoms with E-state index in [1.54, 1.807) is 24.3 Å². The molecule has 2 N–H and O–H groups in total. The molecule has 2 aromatic rings. The largest absolute Gasteiger partial charge is 0.383 e. The Morgan fingerprint density at radius 3 is 2.78 bits per heavy atom. The molecule has 0 unspecified atom stereocenters. The van der Waals surface area contributed by atoms with Gasteiger partial charge in [-0.3, -0.25) is 10.1 Å². The predicted molar refractivity (Wildman–Crippen MR) is 86.4 cm³/mol. The first-order valence-electron chi connectivity index (χ1n) is 6.32. The van der Waals surface area contributed by atoms with Crippen molar-refractivity contribution in [3.63, 3.8) is 0 Å². The fraction of sp³-hybridized carbons (Fsp3) is 0.250. The molecule has 0 bridgehead atoms. The third kappa shape index (κ3) is 4.69. The molecule has 1 amide bonds. The molecule has 8 nitrogen and oxygen atoms in total. The van der Waals surface area contributed by atoms with Gasteiger partial charge >= 0.3 is 0 Å². The highest BCUT2D eigenvalue weighted by atomic mass is 35.5. The number of methoxy groups -OCH3 is 1. The van der Waals surface area contributed by atoms with Crippen LogP contribution in [-0.2, 0) is 14.8 Å². The number of halogens is 1. The van der Waals surface area contributed by atoms with Gasteiger partial charge in [0.05, 0.1) is 17.2 Å². The van der Waals surface area contributed by atoms with Crippen LogP contribution >= 0.6 is 22.9 Å². The Morgan fingerprint density at radius 2 is 2.09 bits per heavy atom. The standard InChI is InChI=1S/C12H13ClN4O4S2/c1-21-7-6-14-23(19,20)12-17-16-11(22-12)15-10(18)8-4-2-3-5-9(8)13/h2-5,14H,6-7H2,1H3,(H,15,16,18). The topological polar surface area (TPSA) is 110 Å². The van der Waals surface area contributed by atoms with E-state index in [1.165, 1.54) is 7.11 Å². The van der Waals surface area contributed by atoms with E-state index in [2.05, 4.69) is 20.2 Å². The highest BCUT2D eigenvalue weighted by Gasteiger charge is 2.21. The van der Waals surface area contributed by atoms with E-state index >= 15 is 0 Å². The summed E-state index contributed by atoms with van der Waals surface area (Å²) in [4.78, 5) is 12.1. The number of nitrogens with zero attached hydrogens (tertiary/aromatic N) is 2. The number of hydrogen-bond donors (Lipinski definition) is 2. The number of nitrogens with one attached hydrogen (secondary N) is 2. The van der Waals surface area contributed by atoms with Gasteiger partial charge in [0.1, 0.15) is 0 Å². The maximum Gasteiger partial charge on any atom is 0.269 e. The molecule has 0 aliphatic rings. The summed E-state index contributed by atoms with van der Waals surface area (Å²) in [6, 6.07) is 6.48. The molecule has 0 saturated heterocycles. The lowest BCUT2D eigenvalue weighted by Gasteiger charge is -2.03. The molecule has 2 rings (SSSR count). The second-order valence-electron chi connectivity index (χ2n) is 4.20. The summed E-state index contributed by atoms with van der Waals surface area (Å²) in [6.07, 6.45) is 0. The van der Waals surface area contributed by atoms with E-state index in [0.29, 0.717) is 0 Å². The fourth-order valence-electron chi connectivity index (χ4n) is 1.52. The minimum atomic E-state index is -3.78. The molecule has 1 heterocycles. The van der Waals surface area contributed by atoms with Crippen molar-refractivity contribution >= 4 is 44.0 Å². The van der Waals surface area contributed by atoms with Crippen molar-refractivity contribution in [2.75, 3.05) is 25.6 Å². The van der Waals surface area contributed by atoms with Gasteiger partial charge in [0, 0.05) is 13.7 Å². The van der Waals surface area contributed by atoms with Crippen LogP contribution in [0.1, 0.15) is 10.4 Å². The maximum absolute atomic E-state index is 12.1. The Balaban J connectivity index is 2.08. The molecule has 0 atom stereocenters. The zero-order valence-corrected chi connectivity index (χ0v) is 14.3. The Morgan fingerprint density at radius 1 is 1.35 bits per heavy atom. The molecule has 0 saturated carbocycles. The molecule has 0 radical (unpaired) electrons. The van der Waals surface area contributed by atoms with Gasteiger partial charge in [-0.1, -0.05) is 35.1 Å². The number of sulfonamides is 1. The first kappa shape index (κ1) is 17.8. The van der Waals surface area contributed by atoms with E-state index in [9.17, 15) is 13.2 Å². The van der Waals surface area contributed by atoms with Crippen LogP contribution in [0.5, 0.6) is 0 Å². The van der Waals surface area contributed by atoms with Crippen LogP contribution in [0.15, 0.2) is 28.6 Å². The minimum absolute atomic E-state index is 0.0574. The van der Waals surface area contributed by atoms with Gasteiger partial charge in [-0.05, 0) is 12.1 Å². The number of carbonyl (C=O) groups excluding carboxylic acids is 1. The van der Waals surface area contributed by atoms with Crippen molar-refractivity contribution in [2.45, 2.75) is 4.34 Å². The number of rotatable bonds is 7. The SMILES string of the molecule is COCCNS(=O)(=O)c1nnc(NC(=O)c2ccccc2Cl)s1. The second-order valence-corrected chi connectivity index (χ2v) is 7.52. The zero-order valence-electron chi connectivity index (χ0n) is 11.9. The molecule has 0 aliphatic heterocycles. The Bertz CT molecular complexity index is 794. The van der Waals surface area contributed by atoms with E-state index < -0.39 is 15.9 Å². The van der Waals surface area contributed by atoms with Gasteiger partial charge in [-0.25, -0.2) is 13.1 Å². The van der Waals surface area contributed by atoms with Crippen LogP contribution in [-0.4, -0.2) is 44.8 Å². The van der Waals surface area contributed by atoms with Gasteiger partial charge in [-0.2, -0.15) is 0 Å².